The molecule has 6 nitrogen and oxygen atoms in total. The molecule has 0 spiro atoms. The number of aliphatic hydroxyl groups excluding tert-OH is 1. The van der Waals surface area contributed by atoms with Crippen molar-refractivity contribution in [3.05, 3.63) is 58.4 Å². The zero-order valence-electron chi connectivity index (χ0n) is 20.1. The SMILES string of the molecule is CCOCCOc1cc(C(O)C#Cc2ccc(C(=O)O)cn2)cc2c1C(C)(C)CCC2(C)C. The minimum Gasteiger partial charge on any atom is -0.491 e. The maximum absolute atomic E-state index is 11.0. The van der Waals surface area contributed by atoms with Crippen LogP contribution < -0.4 is 4.74 Å². The van der Waals surface area contributed by atoms with Crippen molar-refractivity contribution >= 4 is 5.97 Å². The normalized spacial score (nSPS) is 16.8. The fourth-order valence-electron chi connectivity index (χ4n) is 4.20. The second kappa shape index (κ2) is 9.94. The van der Waals surface area contributed by atoms with Crippen LogP contribution in [0.25, 0.3) is 0 Å². The molecule has 33 heavy (non-hydrogen) atoms. The van der Waals surface area contributed by atoms with Gasteiger partial charge in [-0.15, -0.1) is 0 Å². The number of aliphatic hydroxyl groups is 1. The third-order valence-electron chi connectivity index (χ3n) is 6.26. The molecule has 1 aliphatic rings. The van der Waals surface area contributed by atoms with Gasteiger partial charge in [0.2, 0.25) is 0 Å². The summed E-state index contributed by atoms with van der Waals surface area (Å²) in [6.07, 6.45) is 2.31. The monoisotopic (exact) mass is 451 g/mol. The van der Waals surface area contributed by atoms with E-state index in [9.17, 15) is 9.90 Å². The van der Waals surface area contributed by atoms with Crippen molar-refractivity contribution in [2.75, 3.05) is 19.8 Å². The van der Waals surface area contributed by atoms with Gasteiger partial charge in [0.05, 0.1) is 12.2 Å². The minimum atomic E-state index is -1.04. The molecule has 6 heteroatoms. The molecule has 2 N–H and O–H groups in total. The number of carbonyl (C=O) groups is 1. The molecule has 0 bridgehead atoms. The predicted octanol–water partition coefficient (Wildman–Crippen LogP) is 4.63. The van der Waals surface area contributed by atoms with Crippen LogP contribution in [-0.2, 0) is 15.6 Å². The fraction of sp³-hybridized carbons (Fsp3) is 0.481. The average Bonchev–Trinajstić information content (AvgIpc) is 2.78. The summed E-state index contributed by atoms with van der Waals surface area (Å²) in [4.78, 5) is 15.0. The summed E-state index contributed by atoms with van der Waals surface area (Å²) < 4.78 is 11.6. The lowest BCUT2D eigenvalue weighted by Gasteiger charge is -2.43. The van der Waals surface area contributed by atoms with E-state index in [4.69, 9.17) is 14.6 Å². The van der Waals surface area contributed by atoms with E-state index in [0.29, 0.717) is 31.1 Å². The molecule has 0 amide bonds. The molecule has 1 aromatic heterocycles. The number of rotatable bonds is 7. The van der Waals surface area contributed by atoms with E-state index in [2.05, 4.69) is 44.5 Å². The summed E-state index contributed by atoms with van der Waals surface area (Å²) in [5, 5.41) is 19.9. The van der Waals surface area contributed by atoms with E-state index in [1.807, 2.05) is 19.1 Å². The number of nitrogens with zero attached hydrogens (tertiary/aromatic N) is 1. The van der Waals surface area contributed by atoms with Crippen LogP contribution in [-0.4, -0.2) is 41.0 Å². The number of ether oxygens (including phenoxy) is 2. The molecule has 176 valence electrons. The highest BCUT2D eigenvalue weighted by Gasteiger charge is 2.40. The number of carboxylic acid groups (broad SMARTS) is 1. The van der Waals surface area contributed by atoms with Crippen molar-refractivity contribution in [1.82, 2.24) is 4.98 Å². The molecule has 2 aromatic rings. The Kier molecular flexibility index (Phi) is 7.46. The van der Waals surface area contributed by atoms with Gasteiger partial charge in [0, 0.05) is 18.4 Å². The Labute approximate surface area is 196 Å². The molecule has 0 fully saturated rings. The summed E-state index contributed by atoms with van der Waals surface area (Å²) in [5.74, 6) is 5.40. The molecular formula is C27H33NO5. The first-order valence-electron chi connectivity index (χ1n) is 11.3. The maximum atomic E-state index is 11.0. The number of aromatic nitrogens is 1. The first-order valence-corrected chi connectivity index (χ1v) is 11.3. The Balaban J connectivity index is 1.97. The van der Waals surface area contributed by atoms with E-state index in [1.54, 1.807) is 0 Å². The molecule has 1 aliphatic carbocycles. The van der Waals surface area contributed by atoms with E-state index < -0.39 is 12.1 Å². The van der Waals surface area contributed by atoms with Crippen LogP contribution >= 0.6 is 0 Å². The quantitative estimate of drug-likeness (QED) is 0.471. The smallest absolute Gasteiger partial charge is 0.337 e. The number of fused-ring (bicyclic) bond motifs is 1. The highest BCUT2D eigenvalue weighted by atomic mass is 16.5. The van der Waals surface area contributed by atoms with Gasteiger partial charge in [0.25, 0.3) is 0 Å². The van der Waals surface area contributed by atoms with Crippen LogP contribution in [0.5, 0.6) is 5.75 Å². The first-order chi connectivity index (χ1) is 15.5. The van der Waals surface area contributed by atoms with Crippen LogP contribution in [0.1, 0.15) is 86.3 Å². The Hall–Kier alpha value is -2.88. The van der Waals surface area contributed by atoms with E-state index in [1.165, 1.54) is 29.5 Å². The van der Waals surface area contributed by atoms with Crippen molar-refractivity contribution in [1.29, 1.82) is 0 Å². The summed E-state index contributed by atoms with van der Waals surface area (Å²) in [6.45, 7) is 12.4. The number of hydrogen-bond donors (Lipinski definition) is 2. The lowest BCUT2D eigenvalue weighted by molar-refractivity contribution is 0.0696. The molecule has 3 rings (SSSR count). The molecule has 0 saturated heterocycles. The van der Waals surface area contributed by atoms with Crippen molar-refractivity contribution in [3.8, 4) is 17.6 Å². The van der Waals surface area contributed by atoms with Crippen LogP contribution in [0.3, 0.4) is 0 Å². The molecular weight excluding hydrogens is 418 g/mol. The maximum Gasteiger partial charge on any atom is 0.337 e. The summed E-state index contributed by atoms with van der Waals surface area (Å²) in [5.41, 5.74) is 3.41. The highest BCUT2D eigenvalue weighted by molar-refractivity contribution is 5.87. The molecule has 0 saturated carbocycles. The van der Waals surface area contributed by atoms with E-state index in [0.717, 1.165) is 18.6 Å². The van der Waals surface area contributed by atoms with Gasteiger partial charge in [-0.3, -0.25) is 0 Å². The number of carboxylic acids is 1. The largest absolute Gasteiger partial charge is 0.491 e. The Morgan fingerprint density at radius 3 is 2.52 bits per heavy atom. The van der Waals surface area contributed by atoms with Crippen molar-refractivity contribution < 1.29 is 24.5 Å². The molecule has 1 atom stereocenters. The first kappa shape index (κ1) is 24.8. The predicted molar refractivity (Wildman–Crippen MR) is 127 cm³/mol. The van der Waals surface area contributed by atoms with Crippen molar-refractivity contribution in [2.45, 2.75) is 64.4 Å². The van der Waals surface area contributed by atoms with Gasteiger partial charge in [-0.2, -0.15) is 0 Å². The standard InChI is InChI=1S/C27H33NO5/c1-6-32-13-14-33-23-16-19(15-21-24(23)27(4,5)12-11-26(21,2)3)22(29)10-9-20-8-7-18(17-28-20)25(30)31/h7-8,15-17,22,29H,6,11-14H2,1-5H3,(H,30,31). The lowest BCUT2D eigenvalue weighted by atomic mass is 9.62. The van der Waals surface area contributed by atoms with Gasteiger partial charge in [0.1, 0.15) is 24.2 Å². The van der Waals surface area contributed by atoms with Crippen LogP contribution in [0.2, 0.25) is 0 Å². The highest BCUT2D eigenvalue weighted by Crippen LogP contribution is 2.50. The molecule has 0 aliphatic heterocycles. The summed E-state index contributed by atoms with van der Waals surface area (Å²) >= 11 is 0. The van der Waals surface area contributed by atoms with Gasteiger partial charge in [-0.1, -0.05) is 39.7 Å². The third-order valence-corrected chi connectivity index (χ3v) is 6.26. The van der Waals surface area contributed by atoms with Gasteiger partial charge in [-0.05, 0) is 65.8 Å². The Morgan fingerprint density at radius 2 is 1.88 bits per heavy atom. The van der Waals surface area contributed by atoms with Crippen molar-refractivity contribution in [3.63, 3.8) is 0 Å². The van der Waals surface area contributed by atoms with E-state index in [-0.39, 0.29) is 16.4 Å². The van der Waals surface area contributed by atoms with Crippen LogP contribution in [0.15, 0.2) is 30.5 Å². The van der Waals surface area contributed by atoms with Gasteiger partial charge < -0.3 is 19.7 Å². The van der Waals surface area contributed by atoms with Crippen LogP contribution in [0, 0.1) is 11.8 Å². The van der Waals surface area contributed by atoms with E-state index >= 15 is 0 Å². The second-order valence-electron chi connectivity index (χ2n) is 9.66. The van der Waals surface area contributed by atoms with Gasteiger partial charge in [0.15, 0.2) is 0 Å². The zero-order valence-corrected chi connectivity index (χ0v) is 20.1. The molecule has 1 unspecified atom stereocenters. The zero-order chi connectivity index (χ0) is 24.2. The fourth-order valence-corrected chi connectivity index (χ4v) is 4.20. The third kappa shape index (κ3) is 5.73. The average molecular weight is 452 g/mol. The van der Waals surface area contributed by atoms with Gasteiger partial charge >= 0.3 is 5.97 Å². The Bertz CT molecular complexity index is 1060. The number of pyridine rings is 1. The summed E-state index contributed by atoms with van der Waals surface area (Å²) in [6, 6.07) is 6.91. The van der Waals surface area contributed by atoms with Crippen LogP contribution in [0.4, 0.5) is 0 Å². The molecule has 1 aromatic carbocycles. The minimum absolute atomic E-state index is 0.0449. The molecule has 0 radical (unpaired) electrons. The van der Waals surface area contributed by atoms with Crippen molar-refractivity contribution in [2.24, 2.45) is 0 Å². The number of hydrogen-bond acceptors (Lipinski definition) is 5. The van der Waals surface area contributed by atoms with Gasteiger partial charge in [-0.25, -0.2) is 9.78 Å². The summed E-state index contributed by atoms with van der Waals surface area (Å²) in [7, 11) is 0. The number of aromatic carboxylic acids is 1. The lowest BCUT2D eigenvalue weighted by Crippen LogP contribution is -2.34. The number of benzene rings is 1. The Morgan fingerprint density at radius 1 is 1.15 bits per heavy atom. The second-order valence-corrected chi connectivity index (χ2v) is 9.66. The topological polar surface area (TPSA) is 88.9 Å². The molecule has 1 heterocycles.